The van der Waals surface area contributed by atoms with Crippen LogP contribution in [-0.4, -0.2) is 24.5 Å². The minimum absolute atomic E-state index is 0.206. The predicted octanol–water partition coefficient (Wildman–Crippen LogP) is 3.02. The molecule has 112 valence electrons. The van der Waals surface area contributed by atoms with E-state index in [9.17, 15) is 13.2 Å². The maximum atomic E-state index is 12.4. The van der Waals surface area contributed by atoms with Crippen LogP contribution in [0.2, 0.25) is 0 Å². The third-order valence-electron chi connectivity index (χ3n) is 2.68. The molecule has 0 unspecified atom stereocenters. The number of rotatable bonds is 4. The van der Waals surface area contributed by atoms with Gasteiger partial charge in [0.25, 0.3) is 10.0 Å². The van der Waals surface area contributed by atoms with E-state index in [2.05, 4.69) is 25.6 Å². The molecule has 2 aromatic rings. The van der Waals surface area contributed by atoms with Gasteiger partial charge in [-0.25, -0.2) is 18.2 Å². The molecule has 2 N–H and O–H groups in total. The average Bonchev–Trinajstić information content (AvgIpc) is 2.76. The van der Waals surface area contributed by atoms with Crippen LogP contribution in [0.15, 0.2) is 27.0 Å². The van der Waals surface area contributed by atoms with E-state index in [1.165, 1.54) is 5.38 Å². The van der Waals surface area contributed by atoms with E-state index in [1.54, 1.807) is 26.0 Å². The normalized spacial score (nSPS) is 11.4. The topological polar surface area (TPSA) is 96.4 Å². The van der Waals surface area contributed by atoms with Crippen molar-refractivity contribution < 1.29 is 18.3 Å². The number of halogens is 1. The Kier molecular flexibility index (Phi) is 4.35. The molecule has 2 rings (SSSR count). The third kappa shape index (κ3) is 3.25. The highest BCUT2D eigenvalue weighted by molar-refractivity contribution is 9.10. The van der Waals surface area contributed by atoms with E-state index in [-0.39, 0.29) is 9.77 Å². The van der Waals surface area contributed by atoms with Crippen LogP contribution in [0.25, 0.3) is 0 Å². The summed E-state index contributed by atoms with van der Waals surface area (Å²) in [5.74, 6) is -1.26. The smallest absolute Gasteiger partial charge is 0.347 e. The van der Waals surface area contributed by atoms with Gasteiger partial charge in [-0.2, -0.15) is 0 Å². The molecule has 0 atom stereocenters. The second kappa shape index (κ2) is 5.74. The molecule has 6 nitrogen and oxygen atoms in total. The first-order valence-electron chi connectivity index (χ1n) is 5.69. The van der Waals surface area contributed by atoms with Crippen LogP contribution in [0.4, 0.5) is 5.69 Å². The zero-order valence-electron chi connectivity index (χ0n) is 11.0. The fraction of sp³-hybridized carbons (Fsp3) is 0.167. The van der Waals surface area contributed by atoms with Gasteiger partial charge in [0.05, 0.1) is 11.4 Å². The molecule has 0 aliphatic carbocycles. The molecule has 2 aromatic heterocycles. The van der Waals surface area contributed by atoms with Crippen LogP contribution in [0.5, 0.6) is 0 Å². The molecular weight excluding hydrogens is 380 g/mol. The second-order valence-electron chi connectivity index (χ2n) is 4.25. The van der Waals surface area contributed by atoms with Gasteiger partial charge in [-0.1, -0.05) is 0 Å². The summed E-state index contributed by atoms with van der Waals surface area (Å²) in [6, 6.07) is 3.16. The number of nitrogens with zero attached hydrogens (tertiary/aromatic N) is 1. The summed E-state index contributed by atoms with van der Waals surface area (Å²) in [6.07, 6.45) is 0. The zero-order chi connectivity index (χ0) is 15.8. The van der Waals surface area contributed by atoms with Crippen molar-refractivity contribution in [3.8, 4) is 0 Å². The Balaban J connectivity index is 2.48. The monoisotopic (exact) mass is 390 g/mol. The summed E-state index contributed by atoms with van der Waals surface area (Å²) in [4.78, 5) is 14.8. The summed E-state index contributed by atoms with van der Waals surface area (Å²) < 4.78 is 27.8. The molecule has 0 fully saturated rings. The molecule has 0 spiro atoms. The van der Waals surface area contributed by atoms with Crippen LogP contribution in [0.3, 0.4) is 0 Å². The van der Waals surface area contributed by atoms with Gasteiger partial charge in [0.2, 0.25) is 0 Å². The van der Waals surface area contributed by atoms with Crippen molar-refractivity contribution in [3.05, 3.63) is 38.3 Å². The van der Waals surface area contributed by atoms with E-state index in [0.717, 1.165) is 11.3 Å². The lowest BCUT2D eigenvalue weighted by atomic mass is 10.3. The Morgan fingerprint density at radius 1 is 1.38 bits per heavy atom. The minimum Gasteiger partial charge on any atom is -0.477 e. The largest absolute Gasteiger partial charge is 0.477 e. The molecule has 0 bridgehead atoms. The average molecular weight is 391 g/mol. The summed E-state index contributed by atoms with van der Waals surface area (Å²) in [6.45, 7) is 3.21. The number of thiophene rings is 1. The lowest BCUT2D eigenvalue weighted by Gasteiger charge is -2.11. The Morgan fingerprint density at radius 2 is 2.05 bits per heavy atom. The SMILES string of the molecule is Cc1csc(C(=O)O)c1S(=O)(=O)Nc1ccc(Br)nc1C. The zero-order valence-corrected chi connectivity index (χ0v) is 14.3. The molecule has 2 heterocycles. The van der Waals surface area contributed by atoms with Crippen LogP contribution >= 0.6 is 27.3 Å². The van der Waals surface area contributed by atoms with Crippen LogP contribution < -0.4 is 4.72 Å². The molecule has 0 amide bonds. The van der Waals surface area contributed by atoms with Crippen LogP contribution in [0.1, 0.15) is 20.9 Å². The van der Waals surface area contributed by atoms with Gasteiger partial charge in [-0.05, 0) is 52.9 Å². The molecule has 0 aliphatic rings. The number of pyridine rings is 1. The molecule has 0 saturated heterocycles. The van der Waals surface area contributed by atoms with E-state index < -0.39 is 16.0 Å². The lowest BCUT2D eigenvalue weighted by molar-refractivity contribution is 0.0698. The van der Waals surface area contributed by atoms with Gasteiger partial charge < -0.3 is 5.11 Å². The number of nitrogens with one attached hydrogen (secondary N) is 1. The number of anilines is 1. The molecule has 0 radical (unpaired) electrons. The first kappa shape index (κ1) is 15.9. The highest BCUT2D eigenvalue weighted by atomic mass is 79.9. The lowest BCUT2D eigenvalue weighted by Crippen LogP contribution is -2.17. The summed E-state index contributed by atoms with van der Waals surface area (Å²) >= 11 is 4.08. The van der Waals surface area contributed by atoms with E-state index in [4.69, 9.17) is 5.11 Å². The van der Waals surface area contributed by atoms with E-state index >= 15 is 0 Å². The number of carbonyl (C=O) groups is 1. The molecular formula is C12H11BrN2O4S2. The van der Waals surface area contributed by atoms with E-state index in [0.29, 0.717) is 21.5 Å². The predicted molar refractivity (Wildman–Crippen MR) is 83.5 cm³/mol. The number of hydrogen-bond acceptors (Lipinski definition) is 5. The number of carboxylic acids is 1. The Hall–Kier alpha value is -1.45. The van der Waals surface area contributed by atoms with Crippen LogP contribution in [0, 0.1) is 13.8 Å². The molecule has 0 aromatic carbocycles. The van der Waals surface area contributed by atoms with Crippen molar-refractivity contribution in [2.75, 3.05) is 4.72 Å². The number of aromatic carboxylic acids is 1. The number of aryl methyl sites for hydroxylation is 2. The van der Waals surface area contributed by atoms with Gasteiger partial charge in [-0.15, -0.1) is 11.3 Å². The molecule has 9 heteroatoms. The molecule has 0 aliphatic heterocycles. The number of hydrogen-bond donors (Lipinski definition) is 2. The van der Waals surface area contributed by atoms with Gasteiger partial charge in [-0.3, -0.25) is 4.72 Å². The molecule has 0 saturated carbocycles. The van der Waals surface area contributed by atoms with Gasteiger partial charge in [0, 0.05) is 0 Å². The van der Waals surface area contributed by atoms with Crippen LogP contribution in [-0.2, 0) is 10.0 Å². The highest BCUT2D eigenvalue weighted by Crippen LogP contribution is 2.29. The first-order chi connectivity index (χ1) is 9.72. The van der Waals surface area contributed by atoms with Crippen molar-refractivity contribution in [1.29, 1.82) is 0 Å². The standard InChI is InChI=1S/C12H11BrN2O4S2/c1-6-5-20-10(12(16)17)11(6)21(18,19)15-8-3-4-9(13)14-7(8)2/h3-5,15H,1-2H3,(H,16,17). The number of aromatic nitrogens is 1. The summed E-state index contributed by atoms with van der Waals surface area (Å²) in [5, 5.41) is 10.6. The van der Waals surface area contributed by atoms with Gasteiger partial charge in [0.1, 0.15) is 14.4 Å². The maximum absolute atomic E-state index is 12.4. The fourth-order valence-electron chi connectivity index (χ4n) is 1.75. The van der Waals surface area contributed by atoms with Crippen molar-refractivity contribution in [3.63, 3.8) is 0 Å². The fourth-order valence-corrected chi connectivity index (χ4v) is 4.90. The first-order valence-corrected chi connectivity index (χ1v) is 8.85. The minimum atomic E-state index is -3.99. The highest BCUT2D eigenvalue weighted by Gasteiger charge is 2.27. The summed E-state index contributed by atoms with van der Waals surface area (Å²) in [5.41, 5.74) is 1.19. The Morgan fingerprint density at radius 3 is 2.62 bits per heavy atom. The number of sulfonamides is 1. The van der Waals surface area contributed by atoms with E-state index in [1.807, 2.05) is 0 Å². The van der Waals surface area contributed by atoms with Crippen molar-refractivity contribution in [2.24, 2.45) is 0 Å². The van der Waals surface area contributed by atoms with Gasteiger partial charge in [0.15, 0.2) is 0 Å². The third-order valence-corrected chi connectivity index (χ3v) is 5.89. The number of carboxylic acid groups (broad SMARTS) is 1. The quantitative estimate of drug-likeness (QED) is 0.781. The van der Waals surface area contributed by atoms with Crippen molar-refractivity contribution in [1.82, 2.24) is 4.98 Å². The molecule has 21 heavy (non-hydrogen) atoms. The maximum Gasteiger partial charge on any atom is 0.347 e. The Bertz CT molecular complexity index is 815. The second-order valence-corrected chi connectivity index (χ2v) is 7.57. The Labute approximate surface area is 134 Å². The van der Waals surface area contributed by atoms with Gasteiger partial charge >= 0.3 is 5.97 Å². The van der Waals surface area contributed by atoms with Crippen molar-refractivity contribution in [2.45, 2.75) is 18.7 Å². The van der Waals surface area contributed by atoms with Crippen molar-refractivity contribution >= 4 is 48.9 Å². The summed E-state index contributed by atoms with van der Waals surface area (Å²) in [7, 11) is -3.99.